The van der Waals surface area contributed by atoms with Gasteiger partial charge in [-0.1, -0.05) is 37.9 Å². The Hall–Kier alpha value is 0.0300. The van der Waals surface area contributed by atoms with Gasteiger partial charge in [0, 0.05) is 11.8 Å². The Morgan fingerprint density at radius 1 is 1.40 bits per heavy atom. The molecule has 0 aromatic carbocycles. The number of halogens is 3. The third kappa shape index (κ3) is 2.58. The van der Waals surface area contributed by atoms with Crippen molar-refractivity contribution in [1.82, 2.24) is 9.97 Å². The van der Waals surface area contributed by atoms with Gasteiger partial charge in [-0.2, -0.15) is 0 Å². The zero-order valence-electron chi connectivity index (χ0n) is 7.32. The van der Waals surface area contributed by atoms with Crippen molar-refractivity contribution in [2.75, 3.05) is 0 Å². The van der Waals surface area contributed by atoms with Crippen LogP contribution in [0.1, 0.15) is 9.30 Å². The summed E-state index contributed by atoms with van der Waals surface area (Å²) in [7, 11) is 0. The van der Waals surface area contributed by atoms with Crippen LogP contribution in [0.5, 0.6) is 0 Å². The molecule has 2 nitrogen and oxygen atoms in total. The van der Waals surface area contributed by atoms with Crippen LogP contribution in [-0.2, 0) is 0 Å². The smallest absolute Gasteiger partial charge is 0.222 e. The lowest BCUT2D eigenvalue weighted by Gasteiger charge is -2.07. The normalized spacial score (nSPS) is 10.9. The SMILES string of the molecule is Clc1ncc(C(Br)Br)c(-c2cccs2)n1. The molecule has 2 aromatic heterocycles. The summed E-state index contributed by atoms with van der Waals surface area (Å²) in [5.74, 6) is 0. The molecular weight excluding hydrogens is 363 g/mol. The Labute approximate surface area is 113 Å². The Morgan fingerprint density at radius 3 is 2.80 bits per heavy atom. The minimum atomic E-state index is 0.0272. The summed E-state index contributed by atoms with van der Waals surface area (Å²) in [5, 5.41) is 2.27. The second kappa shape index (κ2) is 4.91. The number of hydrogen-bond donors (Lipinski definition) is 0. The lowest BCUT2D eigenvalue weighted by Crippen LogP contribution is -1.93. The van der Waals surface area contributed by atoms with Gasteiger partial charge in [-0.25, -0.2) is 9.97 Å². The fourth-order valence-corrected chi connectivity index (χ4v) is 2.68. The molecule has 0 spiro atoms. The molecule has 15 heavy (non-hydrogen) atoms. The van der Waals surface area contributed by atoms with Gasteiger partial charge in [0.25, 0.3) is 0 Å². The highest BCUT2D eigenvalue weighted by Crippen LogP contribution is 2.37. The molecule has 0 amide bonds. The Kier molecular flexibility index (Phi) is 3.77. The summed E-state index contributed by atoms with van der Waals surface area (Å²) in [6, 6.07) is 3.99. The van der Waals surface area contributed by atoms with Crippen LogP contribution < -0.4 is 0 Å². The Bertz CT molecular complexity index is 459. The third-order valence-electron chi connectivity index (χ3n) is 1.78. The number of rotatable bonds is 2. The Balaban J connectivity index is 2.58. The van der Waals surface area contributed by atoms with Crippen molar-refractivity contribution in [1.29, 1.82) is 0 Å². The van der Waals surface area contributed by atoms with Crippen LogP contribution in [0.2, 0.25) is 5.28 Å². The van der Waals surface area contributed by atoms with Crippen molar-refractivity contribution < 1.29 is 0 Å². The molecule has 2 aromatic rings. The average Bonchev–Trinajstić information content (AvgIpc) is 2.69. The first-order valence-corrected chi connectivity index (χ1v) is 7.12. The fraction of sp³-hybridized carbons (Fsp3) is 0.111. The summed E-state index contributed by atoms with van der Waals surface area (Å²) in [6.07, 6.45) is 1.72. The van der Waals surface area contributed by atoms with Gasteiger partial charge >= 0.3 is 0 Å². The molecular formula is C9H5Br2ClN2S. The van der Waals surface area contributed by atoms with E-state index in [0.29, 0.717) is 0 Å². The highest BCUT2D eigenvalue weighted by atomic mass is 79.9. The quantitative estimate of drug-likeness (QED) is 0.570. The van der Waals surface area contributed by atoms with E-state index < -0.39 is 0 Å². The predicted octanol–water partition coefficient (Wildman–Crippen LogP) is 4.65. The summed E-state index contributed by atoms with van der Waals surface area (Å²) in [4.78, 5) is 9.29. The largest absolute Gasteiger partial charge is 0.226 e. The fourth-order valence-electron chi connectivity index (χ4n) is 1.14. The van der Waals surface area contributed by atoms with E-state index in [4.69, 9.17) is 11.6 Å². The highest BCUT2D eigenvalue weighted by Gasteiger charge is 2.14. The molecule has 0 atom stereocenters. The van der Waals surface area contributed by atoms with Crippen LogP contribution in [0.15, 0.2) is 23.7 Å². The van der Waals surface area contributed by atoms with Crippen molar-refractivity contribution in [2.45, 2.75) is 3.74 Å². The topological polar surface area (TPSA) is 25.8 Å². The lowest BCUT2D eigenvalue weighted by atomic mass is 10.2. The predicted molar refractivity (Wildman–Crippen MR) is 71.0 cm³/mol. The van der Waals surface area contributed by atoms with Crippen molar-refractivity contribution in [3.05, 3.63) is 34.6 Å². The van der Waals surface area contributed by atoms with Crippen LogP contribution in [0, 0.1) is 0 Å². The van der Waals surface area contributed by atoms with E-state index in [-0.39, 0.29) is 9.02 Å². The summed E-state index contributed by atoms with van der Waals surface area (Å²) >= 11 is 14.3. The molecule has 0 unspecified atom stereocenters. The van der Waals surface area contributed by atoms with Crippen LogP contribution in [0.25, 0.3) is 10.6 Å². The number of nitrogens with zero attached hydrogens (tertiary/aromatic N) is 2. The van der Waals surface area contributed by atoms with E-state index in [1.54, 1.807) is 17.5 Å². The van der Waals surface area contributed by atoms with Crippen LogP contribution in [-0.4, -0.2) is 9.97 Å². The first-order chi connectivity index (χ1) is 7.18. The first-order valence-electron chi connectivity index (χ1n) is 4.03. The Morgan fingerprint density at radius 2 is 2.20 bits per heavy atom. The first kappa shape index (κ1) is 11.5. The summed E-state index contributed by atoms with van der Waals surface area (Å²) in [6.45, 7) is 0. The maximum absolute atomic E-state index is 5.79. The molecule has 2 rings (SSSR count). The minimum absolute atomic E-state index is 0.0272. The molecule has 78 valence electrons. The molecule has 0 radical (unpaired) electrons. The van der Waals surface area contributed by atoms with Gasteiger partial charge in [-0.3, -0.25) is 0 Å². The number of alkyl halides is 2. The average molecular weight is 368 g/mol. The number of thiophene rings is 1. The lowest BCUT2D eigenvalue weighted by molar-refractivity contribution is 1.13. The van der Waals surface area contributed by atoms with Crippen molar-refractivity contribution in [3.63, 3.8) is 0 Å². The zero-order chi connectivity index (χ0) is 10.8. The number of hydrogen-bond acceptors (Lipinski definition) is 3. The highest BCUT2D eigenvalue weighted by molar-refractivity contribution is 9.24. The molecule has 0 saturated heterocycles. The molecule has 6 heteroatoms. The zero-order valence-corrected chi connectivity index (χ0v) is 12.1. The maximum Gasteiger partial charge on any atom is 0.222 e. The monoisotopic (exact) mass is 366 g/mol. The van der Waals surface area contributed by atoms with Gasteiger partial charge in [0.2, 0.25) is 5.28 Å². The van der Waals surface area contributed by atoms with Crippen molar-refractivity contribution >= 4 is 54.8 Å². The molecule has 0 aliphatic carbocycles. The molecule has 0 saturated carbocycles. The van der Waals surface area contributed by atoms with Crippen LogP contribution in [0.3, 0.4) is 0 Å². The second-order valence-corrected chi connectivity index (χ2v) is 7.07. The van der Waals surface area contributed by atoms with Crippen molar-refractivity contribution in [2.24, 2.45) is 0 Å². The van der Waals surface area contributed by atoms with Crippen molar-refractivity contribution in [3.8, 4) is 10.6 Å². The van der Waals surface area contributed by atoms with E-state index in [1.165, 1.54) is 0 Å². The van der Waals surface area contributed by atoms with E-state index in [0.717, 1.165) is 16.1 Å². The summed E-state index contributed by atoms with van der Waals surface area (Å²) in [5.41, 5.74) is 1.84. The van der Waals surface area contributed by atoms with Gasteiger partial charge in [0.15, 0.2) is 0 Å². The molecule has 0 bridgehead atoms. The number of aromatic nitrogens is 2. The van der Waals surface area contributed by atoms with E-state index in [9.17, 15) is 0 Å². The molecule has 0 N–H and O–H groups in total. The molecule has 0 aliphatic heterocycles. The maximum atomic E-state index is 5.79. The summed E-state index contributed by atoms with van der Waals surface area (Å²) < 4.78 is 0.0272. The standard InChI is InChI=1S/C9H5Br2ClN2S/c10-8(11)5-4-13-9(12)14-7(5)6-2-1-3-15-6/h1-4,8H. The van der Waals surface area contributed by atoms with E-state index in [1.807, 2.05) is 17.5 Å². The second-order valence-electron chi connectivity index (χ2n) is 2.72. The molecule has 0 aliphatic rings. The van der Waals surface area contributed by atoms with Crippen LogP contribution in [0.4, 0.5) is 0 Å². The van der Waals surface area contributed by atoms with E-state index >= 15 is 0 Å². The van der Waals surface area contributed by atoms with Gasteiger partial charge in [-0.15, -0.1) is 11.3 Å². The third-order valence-corrected chi connectivity index (χ3v) is 3.82. The molecule has 0 fully saturated rings. The van der Waals surface area contributed by atoms with Gasteiger partial charge < -0.3 is 0 Å². The minimum Gasteiger partial charge on any atom is -0.226 e. The van der Waals surface area contributed by atoms with Crippen LogP contribution >= 0.6 is 54.8 Å². The van der Waals surface area contributed by atoms with Gasteiger partial charge in [-0.05, 0) is 23.0 Å². The van der Waals surface area contributed by atoms with Gasteiger partial charge in [0.05, 0.1) is 14.3 Å². The van der Waals surface area contributed by atoms with Gasteiger partial charge in [0.1, 0.15) is 0 Å². The van der Waals surface area contributed by atoms with E-state index in [2.05, 4.69) is 41.8 Å². The molecule has 2 heterocycles.